The summed E-state index contributed by atoms with van der Waals surface area (Å²) in [6.07, 6.45) is 0.438. The van der Waals surface area contributed by atoms with E-state index in [-0.39, 0.29) is 12.5 Å². The van der Waals surface area contributed by atoms with Crippen molar-refractivity contribution in [2.45, 2.75) is 12.8 Å². The number of carboxylic acids is 1. The van der Waals surface area contributed by atoms with Crippen molar-refractivity contribution in [3.63, 3.8) is 0 Å². The minimum absolute atomic E-state index is 0.0352. The Balaban J connectivity index is 2.67. The molecule has 0 heterocycles. The summed E-state index contributed by atoms with van der Waals surface area (Å²) in [5.41, 5.74) is 6.08. The number of nitrogens with one attached hydrogen (secondary N) is 1. The number of hydrogen-bond donors (Lipinski definition) is 3. The maximum Gasteiger partial charge on any atom is 0.321 e. The monoisotopic (exact) mass is 265 g/mol. The third-order valence-electron chi connectivity index (χ3n) is 2.51. The van der Waals surface area contributed by atoms with Crippen LogP contribution in [0.3, 0.4) is 0 Å². The summed E-state index contributed by atoms with van der Waals surface area (Å²) in [4.78, 5) is 24.0. The molecule has 0 radical (unpaired) electrons. The zero-order chi connectivity index (χ0) is 14.1. The van der Waals surface area contributed by atoms with Gasteiger partial charge in [-0.2, -0.15) is 0 Å². The number of aliphatic carboxylic acids is 1. The Morgan fingerprint density at radius 1 is 1.26 bits per heavy atom. The number of rotatable bonds is 7. The molecule has 6 heteroatoms. The first-order valence-corrected chi connectivity index (χ1v) is 6.17. The van der Waals surface area contributed by atoms with Crippen LogP contribution in [-0.4, -0.2) is 36.7 Å². The Hall–Kier alpha value is -2.08. The van der Waals surface area contributed by atoms with Crippen LogP contribution in [0, 0.1) is 0 Å². The van der Waals surface area contributed by atoms with Crippen LogP contribution in [0.2, 0.25) is 0 Å². The number of nitrogens with zero attached hydrogens (tertiary/aromatic N) is 1. The van der Waals surface area contributed by atoms with Crippen molar-refractivity contribution < 1.29 is 14.7 Å². The molecule has 19 heavy (non-hydrogen) atoms. The Morgan fingerprint density at radius 2 is 1.95 bits per heavy atom. The van der Waals surface area contributed by atoms with Crippen molar-refractivity contribution in [1.29, 1.82) is 0 Å². The summed E-state index contributed by atoms with van der Waals surface area (Å²) in [5.74, 6) is -0.865. The molecule has 0 spiro atoms. The number of nitrogens with two attached hydrogens (primary N) is 1. The van der Waals surface area contributed by atoms with E-state index >= 15 is 0 Å². The summed E-state index contributed by atoms with van der Waals surface area (Å²) in [7, 11) is 0. The van der Waals surface area contributed by atoms with Gasteiger partial charge in [-0.15, -0.1) is 0 Å². The molecule has 0 aromatic heterocycles. The number of urea groups is 1. The van der Waals surface area contributed by atoms with E-state index < -0.39 is 5.97 Å². The molecule has 104 valence electrons. The molecule has 0 atom stereocenters. The average Bonchev–Trinajstić information content (AvgIpc) is 2.41. The minimum atomic E-state index is -0.865. The lowest BCUT2D eigenvalue weighted by Crippen LogP contribution is -2.42. The largest absolute Gasteiger partial charge is 0.481 e. The first-order chi connectivity index (χ1) is 9.15. The summed E-state index contributed by atoms with van der Waals surface area (Å²) in [6, 6.07) is 8.87. The fourth-order valence-electron chi connectivity index (χ4n) is 1.62. The van der Waals surface area contributed by atoms with Gasteiger partial charge in [0.1, 0.15) is 0 Å². The van der Waals surface area contributed by atoms with Crippen LogP contribution < -0.4 is 16.0 Å². The van der Waals surface area contributed by atoms with E-state index in [2.05, 4.69) is 5.32 Å². The van der Waals surface area contributed by atoms with Gasteiger partial charge in [-0.05, 0) is 18.6 Å². The van der Waals surface area contributed by atoms with Crippen molar-refractivity contribution in [3.8, 4) is 0 Å². The highest BCUT2D eigenvalue weighted by molar-refractivity contribution is 5.91. The molecule has 0 saturated carbocycles. The van der Waals surface area contributed by atoms with Crippen molar-refractivity contribution in [1.82, 2.24) is 5.32 Å². The first kappa shape index (κ1) is 15.0. The standard InChI is InChI=1S/C13H19N3O3/c14-8-9-15-13(19)16(10-4-7-12(17)18)11-5-2-1-3-6-11/h1-3,5-6H,4,7-10,14H2,(H,15,19)(H,17,18). The highest BCUT2D eigenvalue weighted by Gasteiger charge is 2.14. The number of para-hydroxylation sites is 1. The number of anilines is 1. The molecule has 6 nitrogen and oxygen atoms in total. The highest BCUT2D eigenvalue weighted by Crippen LogP contribution is 2.14. The Kier molecular flexibility index (Phi) is 6.38. The minimum Gasteiger partial charge on any atom is -0.481 e. The number of carboxylic acid groups (broad SMARTS) is 1. The van der Waals surface area contributed by atoms with Crippen molar-refractivity contribution in [2.24, 2.45) is 5.73 Å². The second kappa shape index (κ2) is 8.10. The van der Waals surface area contributed by atoms with Gasteiger partial charge < -0.3 is 16.2 Å². The number of benzene rings is 1. The molecular weight excluding hydrogens is 246 g/mol. The predicted octanol–water partition coefficient (Wildman–Crippen LogP) is 1.03. The molecule has 0 saturated heterocycles. The molecule has 0 unspecified atom stereocenters. The SMILES string of the molecule is NCCNC(=O)N(CCCC(=O)O)c1ccccc1. The maximum absolute atomic E-state index is 12.0. The van der Waals surface area contributed by atoms with E-state index in [9.17, 15) is 9.59 Å². The van der Waals surface area contributed by atoms with Crippen molar-refractivity contribution in [3.05, 3.63) is 30.3 Å². The van der Waals surface area contributed by atoms with E-state index in [1.54, 1.807) is 0 Å². The van der Waals surface area contributed by atoms with Gasteiger partial charge in [-0.1, -0.05) is 18.2 Å². The van der Waals surface area contributed by atoms with Crippen LogP contribution in [0.1, 0.15) is 12.8 Å². The second-order valence-electron chi connectivity index (χ2n) is 4.01. The zero-order valence-electron chi connectivity index (χ0n) is 10.7. The summed E-state index contributed by atoms with van der Waals surface area (Å²) in [5, 5.41) is 11.3. The van der Waals surface area contributed by atoms with Gasteiger partial charge in [0.15, 0.2) is 0 Å². The molecule has 2 amide bonds. The van der Waals surface area contributed by atoms with Gasteiger partial charge in [0, 0.05) is 31.7 Å². The highest BCUT2D eigenvalue weighted by atomic mass is 16.4. The Labute approximate surface area is 112 Å². The summed E-state index contributed by atoms with van der Waals surface area (Å²) >= 11 is 0. The number of carbonyl (C=O) groups is 2. The normalized spacial score (nSPS) is 9.95. The molecule has 0 fully saturated rings. The first-order valence-electron chi connectivity index (χ1n) is 6.17. The van der Waals surface area contributed by atoms with Crippen LogP contribution in [0.5, 0.6) is 0 Å². The number of amides is 2. The molecule has 4 N–H and O–H groups in total. The van der Waals surface area contributed by atoms with Crippen LogP contribution in [0.15, 0.2) is 30.3 Å². The fraction of sp³-hybridized carbons (Fsp3) is 0.385. The van der Waals surface area contributed by atoms with Gasteiger partial charge >= 0.3 is 12.0 Å². The van der Waals surface area contributed by atoms with Crippen LogP contribution >= 0.6 is 0 Å². The molecule has 0 aliphatic heterocycles. The van der Waals surface area contributed by atoms with E-state index in [1.165, 1.54) is 4.90 Å². The number of carbonyl (C=O) groups excluding carboxylic acids is 1. The Bertz CT molecular complexity index is 409. The smallest absolute Gasteiger partial charge is 0.321 e. The Morgan fingerprint density at radius 3 is 2.53 bits per heavy atom. The van der Waals surface area contributed by atoms with Crippen molar-refractivity contribution >= 4 is 17.7 Å². The van der Waals surface area contributed by atoms with Gasteiger partial charge in [-0.3, -0.25) is 9.69 Å². The van der Waals surface area contributed by atoms with Crippen LogP contribution in [0.25, 0.3) is 0 Å². The van der Waals surface area contributed by atoms with Gasteiger partial charge in [0.2, 0.25) is 0 Å². The van der Waals surface area contributed by atoms with Crippen LogP contribution in [0.4, 0.5) is 10.5 Å². The molecule has 1 rings (SSSR count). The molecular formula is C13H19N3O3. The lowest BCUT2D eigenvalue weighted by molar-refractivity contribution is -0.137. The second-order valence-corrected chi connectivity index (χ2v) is 4.01. The summed E-state index contributed by atoms with van der Waals surface area (Å²) in [6.45, 7) is 1.11. The average molecular weight is 265 g/mol. The van der Waals surface area contributed by atoms with Crippen LogP contribution in [-0.2, 0) is 4.79 Å². The molecule has 0 aliphatic rings. The lowest BCUT2D eigenvalue weighted by Gasteiger charge is -2.22. The molecule has 0 aliphatic carbocycles. The number of hydrogen-bond acceptors (Lipinski definition) is 3. The molecule has 1 aromatic rings. The van der Waals surface area contributed by atoms with Gasteiger partial charge in [0.25, 0.3) is 0 Å². The van der Waals surface area contributed by atoms with E-state index in [4.69, 9.17) is 10.8 Å². The topological polar surface area (TPSA) is 95.7 Å². The van der Waals surface area contributed by atoms with Gasteiger partial charge in [-0.25, -0.2) is 4.79 Å². The molecule has 0 bridgehead atoms. The van der Waals surface area contributed by atoms with Gasteiger partial charge in [0.05, 0.1) is 0 Å². The van der Waals surface area contributed by atoms with E-state index in [1.807, 2.05) is 30.3 Å². The third kappa shape index (κ3) is 5.39. The third-order valence-corrected chi connectivity index (χ3v) is 2.51. The molecule has 1 aromatic carbocycles. The predicted molar refractivity (Wildman–Crippen MR) is 73.1 cm³/mol. The van der Waals surface area contributed by atoms with Crippen molar-refractivity contribution in [2.75, 3.05) is 24.5 Å². The fourth-order valence-corrected chi connectivity index (χ4v) is 1.62. The zero-order valence-corrected chi connectivity index (χ0v) is 10.7. The quantitative estimate of drug-likeness (QED) is 0.686. The summed E-state index contributed by atoms with van der Waals surface area (Å²) < 4.78 is 0. The maximum atomic E-state index is 12.0. The van der Waals surface area contributed by atoms with E-state index in [0.29, 0.717) is 26.1 Å². The van der Waals surface area contributed by atoms with E-state index in [0.717, 1.165) is 5.69 Å². The lowest BCUT2D eigenvalue weighted by atomic mass is 10.2.